The van der Waals surface area contributed by atoms with Gasteiger partial charge in [-0.15, -0.1) is 0 Å². The van der Waals surface area contributed by atoms with Crippen molar-refractivity contribution in [3.8, 4) is 11.5 Å². The number of carbonyl (C=O) groups is 5. The van der Waals surface area contributed by atoms with Crippen LogP contribution in [0.3, 0.4) is 0 Å². The van der Waals surface area contributed by atoms with Gasteiger partial charge in [0.05, 0.1) is 0 Å². The average Bonchev–Trinajstić information content (AvgIpc) is 3.25. The molecule has 2 aromatic rings. The quantitative estimate of drug-likeness (QED) is 0.0434. The number of carboxylic acids is 2. The normalized spacial score (nSPS) is 28.6. The van der Waals surface area contributed by atoms with E-state index in [1.807, 2.05) is 0 Å². The Morgan fingerprint density at radius 2 is 1.23 bits per heavy atom. The molecule has 3 aliphatic heterocycles. The Labute approximate surface area is 366 Å². The van der Waals surface area contributed by atoms with Crippen molar-refractivity contribution in [3.63, 3.8) is 0 Å². The summed E-state index contributed by atoms with van der Waals surface area (Å²) in [6, 6.07) is 11.3. The van der Waals surface area contributed by atoms with Crippen LogP contribution in [0.25, 0.3) is 11.8 Å². The first-order chi connectivity index (χ1) is 30.9. The molecule has 10 N–H and O–H groups in total. The van der Waals surface area contributed by atoms with Crippen molar-refractivity contribution >= 4 is 41.7 Å². The molecule has 0 aromatic heterocycles. The summed E-state index contributed by atoms with van der Waals surface area (Å²) < 4.78 is 44.9. The lowest BCUT2D eigenvalue weighted by Gasteiger charge is -2.42. The molecule has 11 atom stereocenters. The van der Waals surface area contributed by atoms with E-state index in [-0.39, 0.29) is 39.9 Å². The Bertz CT molecular complexity index is 2260. The third kappa shape index (κ3) is 12.0. The van der Waals surface area contributed by atoms with E-state index in [4.69, 9.17) is 48.1 Å². The number of rotatable bonds is 16. The lowest BCUT2D eigenvalue weighted by molar-refractivity contribution is -0.294. The minimum Gasteiger partial charge on any atom is -0.508 e. The van der Waals surface area contributed by atoms with E-state index >= 15 is 0 Å². The van der Waals surface area contributed by atoms with Crippen molar-refractivity contribution in [3.05, 3.63) is 107 Å². The first-order valence-electron chi connectivity index (χ1n) is 19.4. The van der Waals surface area contributed by atoms with Gasteiger partial charge in [-0.1, -0.05) is 12.1 Å². The summed E-state index contributed by atoms with van der Waals surface area (Å²) in [6.45, 7) is -1.55. The van der Waals surface area contributed by atoms with Gasteiger partial charge in [-0.3, -0.25) is 19.2 Å². The van der Waals surface area contributed by atoms with Gasteiger partial charge in [-0.25, -0.2) is 4.79 Å². The maximum Gasteiger partial charge on any atom is 0.330 e. The first-order valence-corrected chi connectivity index (χ1v) is 19.4. The lowest BCUT2D eigenvalue weighted by atomic mass is 9.96. The number of fused-ring (bicyclic) bond motifs is 1. The van der Waals surface area contributed by atoms with Gasteiger partial charge in [0.15, 0.2) is 17.6 Å². The lowest BCUT2D eigenvalue weighted by Crippen LogP contribution is -2.60. The summed E-state index contributed by atoms with van der Waals surface area (Å²) in [5.41, 5.74) is 0.776. The van der Waals surface area contributed by atoms with Crippen LogP contribution < -0.4 is 0 Å². The van der Waals surface area contributed by atoms with Crippen molar-refractivity contribution in [2.24, 2.45) is 0 Å². The summed E-state index contributed by atoms with van der Waals surface area (Å²) in [7, 11) is 0. The monoisotopic (exact) mass is 914 g/mol. The second-order valence-corrected chi connectivity index (χ2v) is 14.6. The second-order valence-electron chi connectivity index (χ2n) is 14.6. The molecule has 0 radical (unpaired) electrons. The number of allylic oxidation sites excluding steroid dienone is 2. The summed E-state index contributed by atoms with van der Waals surface area (Å²) in [5, 5.41) is 103. The number of phenolic OH excluding ortho intramolecular Hbond substituents is 2. The van der Waals surface area contributed by atoms with Gasteiger partial charge < -0.3 is 89.0 Å². The number of ether oxygens (including phenoxy) is 8. The van der Waals surface area contributed by atoms with Gasteiger partial charge in [0.25, 0.3) is 0 Å². The van der Waals surface area contributed by atoms with Crippen LogP contribution in [0, 0.1) is 0 Å². The molecule has 2 saturated heterocycles. The van der Waals surface area contributed by atoms with Gasteiger partial charge in [0, 0.05) is 29.4 Å². The van der Waals surface area contributed by atoms with Crippen molar-refractivity contribution in [1.82, 2.24) is 0 Å². The number of aliphatic hydroxyl groups is 6. The molecule has 2 fully saturated rings. The largest absolute Gasteiger partial charge is 0.508 e. The fraction of sp³-hybridized carbons (Fsp3) is 0.357. The van der Waals surface area contributed by atoms with Crippen LogP contribution in [0.2, 0.25) is 0 Å². The summed E-state index contributed by atoms with van der Waals surface area (Å²) in [6.07, 6.45) is -16.4. The van der Waals surface area contributed by atoms with E-state index in [0.717, 1.165) is 12.2 Å². The van der Waals surface area contributed by atoms with Gasteiger partial charge in [-0.05, 0) is 54.1 Å². The SMILES string of the molecule is O=C(O)CC(=O)OCC1OC(OC2=CC(O)=CC3OC(c4ccc(O)cc4)=C(OC4OC(COC(=O)C=Cc5ccc(O)cc5)C(O)C(O)C4O)C=C23)C(O)C(O)C1OC(=O)CC(=O)O. The fourth-order valence-electron chi connectivity index (χ4n) is 6.62. The fourth-order valence-corrected chi connectivity index (χ4v) is 6.62. The number of hydrogen-bond acceptors (Lipinski definition) is 21. The van der Waals surface area contributed by atoms with Crippen LogP contribution in [-0.4, -0.2) is 162 Å². The Hall–Kier alpha value is -6.99. The van der Waals surface area contributed by atoms with Crippen molar-refractivity contribution in [2.45, 2.75) is 80.4 Å². The number of hydrogen-bond donors (Lipinski definition) is 10. The molecule has 3 heterocycles. The van der Waals surface area contributed by atoms with Crippen molar-refractivity contribution < 1.29 is 113 Å². The van der Waals surface area contributed by atoms with Crippen molar-refractivity contribution in [1.29, 1.82) is 0 Å². The maximum absolute atomic E-state index is 12.5. The van der Waals surface area contributed by atoms with Crippen molar-refractivity contribution in [2.75, 3.05) is 13.2 Å². The third-order valence-corrected chi connectivity index (χ3v) is 9.83. The number of aliphatic carboxylic acids is 2. The molecule has 65 heavy (non-hydrogen) atoms. The summed E-state index contributed by atoms with van der Waals surface area (Å²) in [5.74, 6) is -8.05. The molecule has 6 rings (SSSR count). The number of carbonyl (C=O) groups excluding carboxylic acids is 3. The molecular formula is C42H42O23. The number of phenols is 2. The Morgan fingerprint density at radius 1 is 0.646 bits per heavy atom. The Morgan fingerprint density at radius 3 is 1.89 bits per heavy atom. The van der Waals surface area contributed by atoms with Gasteiger partial charge in [0.1, 0.15) is 97.9 Å². The second kappa shape index (κ2) is 20.7. The van der Waals surface area contributed by atoms with E-state index in [2.05, 4.69) is 0 Å². The zero-order valence-corrected chi connectivity index (χ0v) is 33.5. The molecule has 0 bridgehead atoms. The predicted octanol–water partition coefficient (Wildman–Crippen LogP) is -0.620. The third-order valence-electron chi connectivity index (χ3n) is 9.83. The Balaban J connectivity index is 1.26. The summed E-state index contributed by atoms with van der Waals surface area (Å²) >= 11 is 0. The molecular weight excluding hydrogens is 872 g/mol. The van der Waals surface area contributed by atoms with Gasteiger partial charge >= 0.3 is 29.8 Å². The van der Waals surface area contributed by atoms with Crippen LogP contribution in [0.4, 0.5) is 0 Å². The topological polar surface area (TPSA) is 361 Å². The van der Waals surface area contributed by atoms with E-state index in [9.17, 15) is 64.8 Å². The van der Waals surface area contributed by atoms with Gasteiger partial charge in [-0.2, -0.15) is 0 Å². The molecule has 2 aromatic carbocycles. The highest BCUT2D eigenvalue weighted by Gasteiger charge is 2.50. The minimum absolute atomic E-state index is 0.00864. The van der Waals surface area contributed by atoms with E-state index in [1.165, 1.54) is 66.8 Å². The average molecular weight is 915 g/mol. The Kier molecular flexibility index (Phi) is 15.1. The van der Waals surface area contributed by atoms with Crippen LogP contribution in [-0.2, 0) is 61.9 Å². The predicted molar refractivity (Wildman–Crippen MR) is 210 cm³/mol. The first kappa shape index (κ1) is 47.5. The smallest absolute Gasteiger partial charge is 0.330 e. The number of esters is 3. The summed E-state index contributed by atoms with van der Waals surface area (Å²) in [4.78, 5) is 59.0. The molecule has 23 heteroatoms. The molecule has 348 valence electrons. The molecule has 1 aliphatic carbocycles. The van der Waals surface area contributed by atoms with Crippen LogP contribution in [0.5, 0.6) is 11.5 Å². The molecule has 0 saturated carbocycles. The molecule has 4 aliphatic rings. The maximum atomic E-state index is 12.5. The number of aromatic hydroxyl groups is 2. The number of aliphatic hydroxyl groups excluding tert-OH is 6. The van der Waals surface area contributed by atoms with E-state index in [0.29, 0.717) is 5.56 Å². The number of carboxylic acid groups (broad SMARTS) is 2. The minimum atomic E-state index is -2.12. The highest BCUT2D eigenvalue weighted by molar-refractivity contribution is 5.90. The molecule has 23 nitrogen and oxygen atoms in total. The molecule has 0 amide bonds. The van der Waals surface area contributed by atoms with Crippen LogP contribution in [0.1, 0.15) is 24.0 Å². The van der Waals surface area contributed by atoms with E-state index in [1.54, 1.807) is 0 Å². The van der Waals surface area contributed by atoms with Gasteiger partial charge in [0.2, 0.25) is 12.6 Å². The van der Waals surface area contributed by atoms with E-state index < -0.39 is 129 Å². The van der Waals surface area contributed by atoms with Crippen LogP contribution in [0.15, 0.2) is 95.7 Å². The standard InChI is InChI=1S/C42H42O23/c43-20-6-1-18(2-7-20)3-10-31(50)58-16-27-34(53)35(54)37(56)41(63-27)62-26-13-23-24(60-39(26)19-4-8-21(44)9-5-19)11-22(45)12-25(23)61-42-38(57)36(55)40(65-33(52)15-30(48)49)28(64-42)17-59-32(51)14-29(46)47/h1-13,24,27-28,34-38,40-45,53-57H,14-17H2,(H,46,47)(H,48,49). The highest BCUT2D eigenvalue weighted by atomic mass is 16.7. The molecule has 0 spiro atoms. The number of benzene rings is 2. The zero-order valence-electron chi connectivity index (χ0n) is 33.5. The zero-order chi connectivity index (χ0) is 47.1. The van der Waals surface area contributed by atoms with Crippen LogP contribution >= 0.6 is 0 Å². The molecule has 11 unspecified atom stereocenters. The highest BCUT2D eigenvalue weighted by Crippen LogP contribution is 2.40.